The first-order chi connectivity index (χ1) is 15.3. The van der Waals surface area contributed by atoms with Crippen LogP contribution in [0, 0.1) is 0 Å². The molecule has 3 aromatic carbocycles. The van der Waals surface area contributed by atoms with Crippen LogP contribution >= 0.6 is 23.5 Å². The molecule has 0 fully saturated rings. The summed E-state index contributed by atoms with van der Waals surface area (Å²) < 4.78 is 0. The van der Waals surface area contributed by atoms with Crippen molar-refractivity contribution in [3.05, 3.63) is 96.2 Å². The Bertz CT molecular complexity index is 1300. The van der Waals surface area contributed by atoms with Crippen LogP contribution in [0.1, 0.15) is 11.3 Å². The molecule has 0 aliphatic heterocycles. The number of thioether (sulfide) groups is 2. The van der Waals surface area contributed by atoms with E-state index in [-0.39, 0.29) is 0 Å². The highest BCUT2D eigenvalue weighted by molar-refractivity contribution is 7.98. The molecule has 0 spiro atoms. The summed E-state index contributed by atoms with van der Waals surface area (Å²) in [6.07, 6.45) is 0. The molecule has 5 nitrogen and oxygen atoms in total. The minimum absolute atomic E-state index is 0.614. The van der Waals surface area contributed by atoms with Gasteiger partial charge in [-0.05, 0) is 47.2 Å². The predicted molar refractivity (Wildman–Crippen MR) is 127 cm³/mol. The Hall–Kier alpha value is -3.16. The predicted octanol–water partition coefficient (Wildman–Crippen LogP) is 6.00. The number of rotatable bonds is 7. The standard InChI is InChI=1S/C24H19N5S2/c1-2-10-23-18(6-1)11-12-20(25-23)16-31-21-8-3-5-17(13-21)15-30-22-9-4-7-19(14-22)24-26-28-29-27-24/h1-14H,15-16H2,(H,26,27,28,29). The molecule has 2 aromatic heterocycles. The molecule has 0 saturated carbocycles. The van der Waals surface area contributed by atoms with Gasteiger partial charge in [-0.3, -0.25) is 4.98 Å². The SMILES string of the molecule is c1cc(CSc2cccc(-c3nn[nH]n3)c2)cc(SCc2ccc3ccccc3n2)c1. The van der Waals surface area contributed by atoms with E-state index in [2.05, 4.69) is 81.3 Å². The molecule has 2 heterocycles. The Labute approximate surface area is 188 Å². The number of tetrazole rings is 1. The van der Waals surface area contributed by atoms with Crippen LogP contribution in [0.25, 0.3) is 22.3 Å². The van der Waals surface area contributed by atoms with E-state index in [0.717, 1.165) is 28.3 Å². The van der Waals surface area contributed by atoms with Crippen molar-refractivity contribution in [2.45, 2.75) is 21.3 Å². The molecule has 152 valence electrons. The maximum absolute atomic E-state index is 4.78. The van der Waals surface area contributed by atoms with E-state index in [4.69, 9.17) is 4.98 Å². The summed E-state index contributed by atoms with van der Waals surface area (Å²) in [7, 11) is 0. The van der Waals surface area contributed by atoms with Crippen molar-refractivity contribution in [2.75, 3.05) is 0 Å². The lowest BCUT2D eigenvalue weighted by Crippen LogP contribution is -1.88. The van der Waals surface area contributed by atoms with E-state index in [1.165, 1.54) is 20.7 Å². The lowest BCUT2D eigenvalue weighted by molar-refractivity contribution is 0.881. The van der Waals surface area contributed by atoms with Gasteiger partial charge < -0.3 is 0 Å². The number of nitrogens with zero attached hydrogens (tertiary/aromatic N) is 4. The second-order valence-electron chi connectivity index (χ2n) is 6.98. The van der Waals surface area contributed by atoms with E-state index >= 15 is 0 Å². The Morgan fingerprint density at radius 1 is 0.742 bits per heavy atom. The number of hydrogen-bond donors (Lipinski definition) is 1. The molecule has 5 rings (SSSR count). The number of fused-ring (bicyclic) bond motifs is 1. The first kappa shape index (κ1) is 19.8. The third-order valence-electron chi connectivity index (χ3n) is 4.78. The molecule has 0 aliphatic carbocycles. The summed E-state index contributed by atoms with van der Waals surface area (Å²) >= 11 is 3.62. The van der Waals surface area contributed by atoms with Crippen molar-refractivity contribution in [3.63, 3.8) is 0 Å². The quantitative estimate of drug-likeness (QED) is 0.313. The van der Waals surface area contributed by atoms with Crippen molar-refractivity contribution < 1.29 is 0 Å². The summed E-state index contributed by atoms with van der Waals surface area (Å²) in [6, 6.07) is 29.5. The molecule has 31 heavy (non-hydrogen) atoms. The van der Waals surface area contributed by atoms with Crippen molar-refractivity contribution in [2.24, 2.45) is 0 Å². The van der Waals surface area contributed by atoms with Gasteiger partial charge in [0, 0.05) is 32.2 Å². The minimum Gasteiger partial charge on any atom is -0.252 e. The van der Waals surface area contributed by atoms with Gasteiger partial charge in [0.05, 0.1) is 11.2 Å². The Kier molecular flexibility index (Phi) is 5.95. The molecule has 0 radical (unpaired) electrons. The molecule has 7 heteroatoms. The fraction of sp³-hybridized carbons (Fsp3) is 0.0833. The van der Waals surface area contributed by atoms with Gasteiger partial charge in [-0.2, -0.15) is 5.21 Å². The van der Waals surface area contributed by atoms with Crippen molar-refractivity contribution >= 4 is 34.4 Å². The number of para-hydroxylation sites is 1. The molecule has 5 aromatic rings. The number of aromatic nitrogens is 5. The highest BCUT2D eigenvalue weighted by Gasteiger charge is 2.05. The smallest absolute Gasteiger partial charge is 0.204 e. The van der Waals surface area contributed by atoms with Gasteiger partial charge in [-0.1, -0.05) is 48.5 Å². The van der Waals surface area contributed by atoms with E-state index in [1.807, 2.05) is 36.0 Å². The van der Waals surface area contributed by atoms with Gasteiger partial charge in [0.15, 0.2) is 0 Å². The van der Waals surface area contributed by atoms with Crippen LogP contribution in [0.4, 0.5) is 0 Å². The average molecular weight is 442 g/mol. The largest absolute Gasteiger partial charge is 0.252 e. The summed E-state index contributed by atoms with van der Waals surface area (Å²) in [4.78, 5) is 7.22. The Balaban J connectivity index is 1.22. The van der Waals surface area contributed by atoms with E-state index in [0.29, 0.717) is 5.82 Å². The maximum atomic E-state index is 4.78. The van der Waals surface area contributed by atoms with Crippen molar-refractivity contribution in [1.82, 2.24) is 25.6 Å². The van der Waals surface area contributed by atoms with Crippen LogP contribution in [0.2, 0.25) is 0 Å². The van der Waals surface area contributed by atoms with Gasteiger partial charge in [0.2, 0.25) is 5.82 Å². The van der Waals surface area contributed by atoms with E-state index < -0.39 is 0 Å². The zero-order valence-corrected chi connectivity index (χ0v) is 18.2. The van der Waals surface area contributed by atoms with Gasteiger partial charge in [-0.25, -0.2) is 0 Å². The van der Waals surface area contributed by atoms with Gasteiger partial charge >= 0.3 is 0 Å². The molecular weight excluding hydrogens is 422 g/mol. The zero-order valence-electron chi connectivity index (χ0n) is 16.6. The lowest BCUT2D eigenvalue weighted by atomic mass is 10.2. The second-order valence-corrected chi connectivity index (χ2v) is 9.08. The molecule has 0 saturated heterocycles. The molecular formula is C24H19N5S2. The minimum atomic E-state index is 0.614. The average Bonchev–Trinajstić information content (AvgIpc) is 3.37. The first-order valence-corrected chi connectivity index (χ1v) is 11.8. The first-order valence-electron chi connectivity index (χ1n) is 9.87. The highest BCUT2D eigenvalue weighted by atomic mass is 32.2. The Morgan fingerprint density at radius 2 is 1.58 bits per heavy atom. The van der Waals surface area contributed by atoms with Crippen molar-refractivity contribution in [3.8, 4) is 11.4 Å². The van der Waals surface area contributed by atoms with Gasteiger partial charge in [0.25, 0.3) is 0 Å². The molecule has 1 N–H and O–H groups in total. The lowest BCUT2D eigenvalue weighted by Gasteiger charge is -2.07. The van der Waals surface area contributed by atoms with Gasteiger partial charge in [-0.15, -0.1) is 33.7 Å². The molecule has 0 aliphatic rings. The van der Waals surface area contributed by atoms with Gasteiger partial charge in [0.1, 0.15) is 0 Å². The molecule has 0 bridgehead atoms. The molecule has 0 amide bonds. The number of benzene rings is 3. The highest BCUT2D eigenvalue weighted by Crippen LogP contribution is 2.29. The number of H-pyrrole nitrogens is 1. The van der Waals surface area contributed by atoms with E-state index in [1.54, 1.807) is 11.8 Å². The second kappa shape index (κ2) is 9.32. The fourth-order valence-electron chi connectivity index (χ4n) is 3.25. The number of aromatic amines is 1. The molecule has 0 unspecified atom stereocenters. The van der Waals surface area contributed by atoms with Crippen LogP contribution in [0.5, 0.6) is 0 Å². The summed E-state index contributed by atoms with van der Waals surface area (Å²) in [6.45, 7) is 0. The Morgan fingerprint density at radius 3 is 2.48 bits per heavy atom. The van der Waals surface area contributed by atoms with Crippen molar-refractivity contribution in [1.29, 1.82) is 0 Å². The third-order valence-corrected chi connectivity index (χ3v) is 6.88. The van der Waals surface area contributed by atoms with Crippen LogP contribution in [0.15, 0.2) is 94.7 Å². The van der Waals surface area contributed by atoms with Crippen LogP contribution in [0.3, 0.4) is 0 Å². The molecule has 0 atom stereocenters. The number of hydrogen-bond acceptors (Lipinski definition) is 6. The maximum Gasteiger partial charge on any atom is 0.204 e. The van der Waals surface area contributed by atoms with Crippen LogP contribution in [-0.4, -0.2) is 25.6 Å². The normalized spacial score (nSPS) is 11.1. The summed E-state index contributed by atoms with van der Waals surface area (Å²) in [5, 5.41) is 15.4. The summed E-state index contributed by atoms with van der Waals surface area (Å²) in [5.41, 5.74) is 4.41. The van der Waals surface area contributed by atoms with Crippen LogP contribution in [-0.2, 0) is 11.5 Å². The zero-order chi connectivity index (χ0) is 20.9. The fourth-order valence-corrected chi connectivity index (χ4v) is 5.03. The van der Waals surface area contributed by atoms with Crippen LogP contribution < -0.4 is 0 Å². The topological polar surface area (TPSA) is 67.3 Å². The third kappa shape index (κ3) is 4.95. The number of nitrogens with one attached hydrogen (secondary N) is 1. The number of pyridine rings is 1. The van der Waals surface area contributed by atoms with E-state index in [9.17, 15) is 0 Å². The monoisotopic (exact) mass is 441 g/mol. The summed E-state index contributed by atoms with van der Waals surface area (Å²) in [5.74, 6) is 2.37.